The highest BCUT2D eigenvalue weighted by molar-refractivity contribution is 6.35. The third-order valence-electron chi connectivity index (χ3n) is 4.67. The molecular formula is C22H26Cl2N2O3. The van der Waals surface area contributed by atoms with Gasteiger partial charge in [-0.15, -0.1) is 0 Å². The molecule has 0 aromatic heterocycles. The molecule has 1 N–H and O–H groups in total. The van der Waals surface area contributed by atoms with E-state index in [0.717, 1.165) is 11.1 Å². The van der Waals surface area contributed by atoms with E-state index in [4.69, 9.17) is 27.9 Å². The number of ether oxygens (including phenoxy) is 1. The second kappa shape index (κ2) is 10.5. The summed E-state index contributed by atoms with van der Waals surface area (Å²) in [5, 5.41) is 3.57. The fourth-order valence-corrected chi connectivity index (χ4v) is 3.57. The summed E-state index contributed by atoms with van der Waals surface area (Å²) >= 11 is 12.3. The van der Waals surface area contributed by atoms with E-state index >= 15 is 0 Å². The predicted molar refractivity (Wildman–Crippen MR) is 117 cm³/mol. The zero-order valence-corrected chi connectivity index (χ0v) is 18.6. The summed E-state index contributed by atoms with van der Waals surface area (Å²) in [5.74, 6) is 0.102. The number of benzene rings is 2. The Morgan fingerprint density at radius 1 is 1.14 bits per heavy atom. The van der Waals surface area contributed by atoms with Crippen LogP contribution in [0.5, 0.6) is 5.75 Å². The van der Waals surface area contributed by atoms with Crippen LogP contribution in [0.15, 0.2) is 36.4 Å². The standard InChI is InChI=1S/C22H26Cl2N2O3/c1-5-19(22(28)25-4)26(12-16-7-8-17(23)11-18(16)24)21(27)13-29-20-9-6-14(2)10-15(20)3/h6-11,19H,5,12-13H2,1-4H3,(H,25,28)/t19-/m1/s1. The Morgan fingerprint density at radius 3 is 2.45 bits per heavy atom. The van der Waals surface area contributed by atoms with Crippen molar-refractivity contribution in [1.82, 2.24) is 10.2 Å². The molecule has 0 saturated carbocycles. The molecule has 0 unspecified atom stereocenters. The summed E-state index contributed by atoms with van der Waals surface area (Å²) in [4.78, 5) is 26.9. The van der Waals surface area contributed by atoms with E-state index in [1.807, 2.05) is 39.0 Å². The van der Waals surface area contributed by atoms with Gasteiger partial charge >= 0.3 is 0 Å². The Kier molecular flexibility index (Phi) is 8.35. The topological polar surface area (TPSA) is 58.6 Å². The van der Waals surface area contributed by atoms with Gasteiger partial charge in [-0.25, -0.2) is 0 Å². The van der Waals surface area contributed by atoms with Crippen molar-refractivity contribution < 1.29 is 14.3 Å². The lowest BCUT2D eigenvalue weighted by Crippen LogP contribution is -2.49. The average Bonchev–Trinajstić information content (AvgIpc) is 2.68. The lowest BCUT2D eigenvalue weighted by Gasteiger charge is -2.30. The van der Waals surface area contributed by atoms with E-state index in [9.17, 15) is 9.59 Å². The minimum Gasteiger partial charge on any atom is -0.483 e. The third-order valence-corrected chi connectivity index (χ3v) is 5.26. The fraction of sp³-hybridized carbons (Fsp3) is 0.364. The van der Waals surface area contributed by atoms with Crippen LogP contribution >= 0.6 is 23.2 Å². The van der Waals surface area contributed by atoms with Crippen molar-refractivity contribution >= 4 is 35.0 Å². The normalized spacial score (nSPS) is 11.7. The summed E-state index contributed by atoms with van der Waals surface area (Å²) in [7, 11) is 1.55. The molecule has 0 aliphatic rings. The predicted octanol–water partition coefficient (Wildman–Crippen LogP) is 4.54. The maximum atomic E-state index is 13.0. The Morgan fingerprint density at radius 2 is 1.86 bits per heavy atom. The van der Waals surface area contributed by atoms with E-state index in [1.165, 1.54) is 4.90 Å². The number of nitrogens with one attached hydrogen (secondary N) is 1. The van der Waals surface area contributed by atoms with Gasteiger partial charge < -0.3 is 15.0 Å². The summed E-state index contributed by atoms with van der Waals surface area (Å²) in [5.41, 5.74) is 2.77. The molecule has 2 amide bonds. The van der Waals surface area contributed by atoms with Gasteiger partial charge in [0.05, 0.1) is 0 Å². The first-order valence-electron chi connectivity index (χ1n) is 9.41. The second-order valence-corrected chi connectivity index (χ2v) is 7.70. The summed E-state index contributed by atoms with van der Waals surface area (Å²) in [6.07, 6.45) is 0.459. The van der Waals surface area contributed by atoms with Crippen LogP contribution in [0.4, 0.5) is 0 Å². The van der Waals surface area contributed by atoms with E-state index in [-0.39, 0.29) is 25.0 Å². The molecule has 0 aliphatic heterocycles. The van der Waals surface area contributed by atoms with Crippen LogP contribution in [0.2, 0.25) is 10.0 Å². The number of hydrogen-bond acceptors (Lipinski definition) is 3. The van der Waals surface area contributed by atoms with Crippen LogP contribution in [0, 0.1) is 13.8 Å². The van der Waals surface area contributed by atoms with Crippen LogP contribution in [-0.2, 0) is 16.1 Å². The first-order chi connectivity index (χ1) is 13.8. The number of amides is 2. The monoisotopic (exact) mass is 436 g/mol. The summed E-state index contributed by atoms with van der Waals surface area (Å²) < 4.78 is 5.75. The number of carbonyl (C=O) groups is 2. The van der Waals surface area contributed by atoms with E-state index in [0.29, 0.717) is 27.8 Å². The number of carbonyl (C=O) groups excluding carboxylic acids is 2. The highest BCUT2D eigenvalue weighted by Gasteiger charge is 2.29. The number of rotatable bonds is 8. The lowest BCUT2D eigenvalue weighted by atomic mass is 10.1. The lowest BCUT2D eigenvalue weighted by molar-refractivity contribution is -0.142. The van der Waals surface area contributed by atoms with Gasteiger partial charge in [0.2, 0.25) is 5.91 Å². The summed E-state index contributed by atoms with van der Waals surface area (Å²) in [6, 6.07) is 10.2. The summed E-state index contributed by atoms with van der Waals surface area (Å²) in [6.45, 7) is 5.78. The quantitative estimate of drug-likeness (QED) is 0.660. The smallest absolute Gasteiger partial charge is 0.261 e. The maximum absolute atomic E-state index is 13.0. The van der Waals surface area contributed by atoms with Gasteiger partial charge in [0.15, 0.2) is 6.61 Å². The fourth-order valence-electron chi connectivity index (χ4n) is 3.10. The van der Waals surface area contributed by atoms with Crippen LogP contribution < -0.4 is 10.1 Å². The van der Waals surface area contributed by atoms with Crippen molar-refractivity contribution in [1.29, 1.82) is 0 Å². The molecule has 156 valence electrons. The molecule has 0 bridgehead atoms. The molecule has 5 nitrogen and oxygen atoms in total. The number of halogens is 2. The molecule has 2 aromatic rings. The molecule has 2 aromatic carbocycles. The molecule has 2 rings (SSSR count). The van der Waals surface area contributed by atoms with Crippen molar-refractivity contribution in [3.8, 4) is 5.75 Å². The van der Waals surface area contributed by atoms with Crippen LogP contribution in [0.3, 0.4) is 0 Å². The Hall–Kier alpha value is -2.24. The van der Waals surface area contributed by atoms with E-state index < -0.39 is 6.04 Å². The molecule has 0 saturated heterocycles. The maximum Gasteiger partial charge on any atom is 0.261 e. The van der Waals surface area contributed by atoms with Gasteiger partial charge in [0.1, 0.15) is 11.8 Å². The molecule has 1 atom stereocenters. The zero-order chi connectivity index (χ0) is 21.6. The minimum atomic E-state index is -0.637. The molecule has 0 aliphatic carbocycles. The number of likely N-dealkylation sites (N-methyl/N-ethyl adjacent to an activating group) is 1. The molecule has 0 spiro atoms. The van der Waals surface area contributed by atoms with E-state index in [2.05, 4.69) is 5.32 Å². The number of hydrogen-bond donors (Lipinski definition) is 1. The molecule has 7 heteroatoms. The Bertz CT molecular complexity index is 886. The van der Waals surface area contributed by atoms with Gasteiger partial charge in [-0.2, -0.15) is 0 Å². The van der Waals surface area contributed by atoms with Crippen LogP contribution in [0.25, 0.3) is 0 Å². The van der Waals surface area contributed by atoms with Gasteiger partial charge in [-0.05, 0) is 49.6 Å². The SMILES string of the molecule is CC[C@H](C(=O)NC)N(Cc1ccc(Cl)cc1Cl)C(=O)COc1ccc(C)cc1C. The van der Waals surface area contributed by atoms with Crippen molar-refractivity contribution in [2.24, 2.45) is 0 Å². The molecule has 29 heavy (non-hydrogen) atoms. The van der Waals surface area contributed by atoms with Gasteiger partial charge in [0.25, 0.3) is 5.91 Å². The van der Waals surface area contributed by atoms with E-state index in [1.54, 1.807) is 25.2 Å². The van der Waals surface area contributed by atoms with Gasteiger partial charge in [0, 0.05) is 23.6 Å². The molecule has 0 fully saturated rings. The van der Waals surface area contributed by atoms with Crippen molar-refractivity contribution in [3.63, 3.8) is 0 Å². The van der Waals surface area contributed by atoms with Gasteiger partial charge in [-0.1, -0.05) is 53.9 Å². The molecule has 0 radical (unpaired) electrons. The van der Waals surface area contributed by atoms with Gasteiger partial charge in [-0.3, -0.25) is 9.59 Å². The minimum absolute atomic E-state index is 0.178. The van der Waals surface area contributed by atoms with Crippen LogP contribution in [0.1, 0.15) is 30.0 Å². The average molecular weight is 437 g/mol. The Balaban J connectivity index is 2.25. The van der Waals surface area contributed by atoms with Crippen LogP contribution in [-0.4, -0.2) is 36.4 Å². The molecule has 0 heterocycles. The highest BCUT2D eigenvalue weighted by atomic mass is 35.5. The third kappa shape index (κ3) is 6.12. The van der Waals surface area contributed by atoms with Crippen molar-refractivity contribution in [2.75, 3.05) is 13.7 Å². The number of nitrogens with zero attached hydrogens (tertiary/aromatic N) is 1. The second-order valence-electron chi connectivity index (χ2n) is 6.85. The number of aryl methyl sites for hydroxylation is 2. The Labute approximate surface area is 181 Å². The zero-order valence-electron chi connectivity index (χ0n) is 17.1. The van der Waals surface area contributed by atoms with Crippen molar-refractivity contribution in [3.05, 3.63) is 63.1 Å². The van der Waals surface area contributed by atoms with Crippen molar-refractivity contribution in [2.45, 2.75) is 39.8 Å². The highest BCUT2D eigenvalue weighted by Crippen LogP contribution is 2.24. The first kappa shape index (κ1) is 23.0. The molecular weight excluding hydrogens is 411 g/mol. The largest absolute Gasteiger partial charge is 0.483 e. The first-order valence-corrected chi connectivity index (χ1v) is 10.2.